The molecule has 166 valence electrons. The summed E-state index contributed by atoms with van der Waals surface area (Å²) in [6.07, 6.45) is 2.58. The third kappa shape index (κ3) is 5.14. The van der Waals surface area contributed by atoms with E-state index in [0.717, 1.165) is 36.2 Å². The molecule has 32 heavy (non-hydrogen) atoms. The molecule has 2 aromatic carbocycles. The van der Waals surface area contributed by atoms with Crippen LogP contribution in [0.2, 0.25) is 0 Å². The van der Waals surface area contributed by atoms with E-state index in [1.54, 1.807) is 12.1 Å². The second-order valence-corrected chi connectivity index (χ2v) is 8.50. The van der Waals surface area contributed by atoms with E-state index in [0.29, 0.717) is 18.3 Å². The van der Waals surface area contributed by atoms with E-state index in [-0.39, 0.29) is 18.0 Å². The van der Waals surface area contributed by atoms with Gasteiger partial charge in [-0.3, -0.25) is 9.69 Å². The SMILES string of the molecule is C=C(Cn1ncc(OCc2ccc(F)cc2)cc1=O)c1ccc2c(c1)CN(C(C)C)CC2. The predicted octanol–water partition coefficient (Wildman–Crippen LogP) is 4.44. The van der Waals surface area contributed by atoms with Crippen molar-refractivity contribution in [3.05, 3.63) is 99.7 Å². The molecule has 0 saturated heterocycles. The average molecular weight is 434 g/mol. The van der Waals surface area contributed by atoms with E-state index in [1.165, 1.54) is 40.2 Å². The highest BCUT2D eigenvalue weighted by Gasteiger charge is 2.19. The molecule has 0 saturated carbocycles. The monoisotopic (exact) mass is 433 g/mol. The molecule has 4 rings (SSSR count). The largest absolute Gasteiger partial charge is 0.487 e. The number of benzene rings is 2. The van der Waals surface area contributed by atoms with Gasteiger partial charge < -0.3 is 4.74 Å². The van der Waals surface area contributed by atoms with Crippen molar-refractivity contribution in [2.45, 2.75) is 46.0 Å². The van der Waals surface area contributed by atoms with Crippen LogP contribution in [0.5, 0.6) is 5.75 Å². The molecule has 1 aliphatic heterocycles. The number of nitrogens with zero attached hydrogens (tertiary/aromatic N) is 3. The van der Waals surface area contributed by atoms with E-state index >= 15 is 0 Å². The summed E-state index contributed by atoms with van der Waals surface area (Å²) in [6, 6.07) is 14.4. The molecule has 0 spiro atoms. The zero-order valence-electron chi connectivity index (χ0n) is 18.6. The smallest absolute Gasteiger partial charge is 0.270 e. The third-order valence-corrected chi connectivity index (χ3v) is 5.89. The molecule has 0 N–H and O–H groups in total. The molecule has 0 amide bonds. The highest BCUT2D eigenvalue weighted by Crippen LogP contribution is 2.25. The zero-order chi connectivity index (χ0) is 22.7. The molecule has 3 aromatic rings. The summed E-state index contributed by atoms with van der Waals surface area (Å²) < 4.78 is 20.0. The molecule has 0 atom stereocenters. The Labute approximate surface area is 187 Å². The molecule has 1 aromatic heterocycles. The van der Waals surface area contributed by atoms with Gasteiger partial charge in [-0.2, -0.15) is 5.10 Å². The van der Waals surface area contributed by atoms with E-state index in [1.807, 2.05) is 0 Å². The normalized spacial score (nSPS) is 13.8. The van der Waals surface area contributed by atoms with Crippen molar-refractivity contribution in [2.75, 3.05) is 6.54 Å². The summed E-state index contributed by atoms with van der Waals surface area (Å²) >= 11 is 0. The quantitative estimate of drug-likeness (QED) is 0.553. The van der Waals surface area contributed by atoms with Crippen molar-refractivity contribution in [1.29, 1.82) is 0 Å². The van der Waals surface area contributed by atoms with Crippen LogP contribution in [0.1, 0.15) is 36.1 Å². The molecule has 0 aliphatic carbocycles. The summed E-state index contributed by atoms with van der Waals surface area (Å²) in [7, 11) is 0. The topological polar surface area (TPSA) is 47.4 Å². The zero-order valence-corrected chi connectivity index (χ0v) is 18.6. The average Bonchev–Trinajstić information content (AvgIpc) is 2.79. The number of ether oxygens (including phenoxy) is 1. The Morgan fingerprint density at radius 3 is 2.66 bits per heavy atom. The standard InChI is InChI=1S/C26H28FN3O2/c1-18(2)29-11-10-21-6-7-22(12-23(21)16-29)19(3)15-30-26(31)13-25(14-28-30)32-17-20-4-8-24(27)9-5-20/h4-9,12-14,18H,3,10-11,15-17H2,1-2H3. The summed E-state index contributed by atoms with van der Waals surface area (Å²) in [5, 5.41) is 4.24. The maximum Gasteiger partial charge on any atom is 0.270 e. The number of fused-ring (bicyclic) bond motifs is 1. The van der Waals surface area contributed by atoms with Gasteiger partial charge in [0.1, 0.15) is 18.2 Å². The van der Waals surface area contributed by atoms with E-state index in [9.17, 15) is 9.18 Å². The number of halogens is 1. The van der Waals surface area contributed by atoms with Crippen LogP contribution < -0.4 is 10.3 Å². The van der Waals surface area contributed by atoms with Gasteiger partial charge in [0.05, 0.1) is 12.7 Å². The minimum Gasteiger partial charge on any atom is -0.487 e. The Morgan fingerprint density at radius 1 is 1.16 bits per heavy atom. The third-order valence-electron chi connectivity index (χ3n) is 5.89. The first kappa shape index (κ1) is 22.0. The maximum absolute atomic E-state index is 13.0. The van der Waals surface area contributed by atoms with Crippen molar-refractivity contribution >= 4 is 5.57 Å². The Kier molecular flexibility index (Phi) is 6.51. The maximum atomic E-state index is 13.0. The molecule has 5 nitrogen and oxygen atoms in total. The van der Waals surface area contributed by atoms with Crippen molar-refractivity contribution in [3.8, 4) is 5.75 Å². The minimum atomic E-state index is -0.297. The first-order valence-electron chi connectivity index (χ1n) is 10.9. The van der Waals surface area contributed by atoms with Gasteiger partial charge in [0.2, 0.25) is 0 Å². The van der Waals surface area contributed by atoms with Crippen molar-refractivity contribution in [1.82, 2.24) is 14.7 Å². The lowest BCUT2D eigenvalue weighted by Crippen LogP contribution is -2.35. The number of hydrogen-bond acceptors (Lipinski definition) is 4. The van der Waals surface area contributed by atoms with Crippen molar-refractivity contribution in [3.63, 3.8) is 0 Å². The fraction of sp³-hybridized carbons (Fsp3) is 0.308. The van der Waals surface area contributed by atoms with Crippen LogP contribution >= 0.6 is 0 Å². The lowest BCUT2D eigenvalue weighted by molar-refractivity contribution is 0.203. The number of hydrogen-bond donors (Lipinski definition) is 0. The Hall–Kier alpha value is -3.25. The lowest BCUT2D eigenvalue weighted by Gasteiger charge is -2.32. The lowest BCUT2D eigenvalue weighted by atomic mass is 9.94. The van der Waals surface area contributed by atoms with Gasteiger partial charge in [-0.05, 0) is 66.3 Å². The fourth-order valence-corrected chi connectivity index (χ4v) is 3.87. The van der Waals surface area contributed by atoms with Crippen LogP contribution in [0.3, 0.4) is 0 Å². The van der Waals surface area contributed by atoms with Gasteiger partial charge in [-0.1, -0.05) is 30.8 Å². The summed E-state index contributed by atoms with van der Waals surface area (Å²) in [5.41, 5.74) is 5.13. The molecule has 6 heteroatoms. The highest BCUT2D eigenvalue weighted by molar-refractivity contribution is 5.64. The molecule has 0 radical (unpaired) electrons. The van der Waals surface area contributed by atoms with Crippen LogP contribution in [0.25, 0.3) is 5.57 Å². The van der Waals surface area contributed by atoms with E-state index in [2.05, 4.69) is 48.6 Å². The van der Waals surface area contributed by atoms with Crippen molar-refractivity contribution in [2.24, 2.45) is 0 Å². The van der Waals surface area contributed by atoms with E-state index in [4.69, 9.17) is 4.74 Å². The van der Waals surface area contributed by atoms with Gasteiger partial charge >= 0.3 is 0 Å². The molecule has 2 heterocycles. The molecular formula is C26H28FN3O2. The molecule has 0 fully saturated rings. The molecule has 0 unspecified atom stereocenters. The molecular weight excluding hydrogens is 405 g/mol. The van der Waals surface area contributed by atoms with Gasteiger partial charge in [0.25, 0.3) is 5.56 Å². The summed E-state index contributed by atoms with van der Waals surface area (Å²) in [5.74, 6) is 0.0816. The van der Waals surface area contributed by atoms with E-state index < -0.39 is 0 Å². The number of allylic oxidation sites excluding steroid dienone is 1. The Morgan fingerprint density at radius 2 is 1.94 bits per heavy atom. The van der Waals surface area contributed by atoms with Crippen LogP contribution in [0, 0.1) is 5.82 Å². The fourth-order valence-electron chi connectivity index (χ4n) is 3.87. The predicted molar refractivity (Wildman–Crippen MR) is 124 cm³/mol. The Balaban J connectivity index is 1.42. The highest BCUT2D eigenvalue weighted by atomic mass is 19.1. The van der Waals surface area contributed by atoms with Gasteiger partial charge in [-0.15, -0.1) is 0 Å². The number of rotatable bonds is 7. The summed E-state index contributed by atoms with van der Waals surface area (Å²) in [4.78, 5) is 15.0. The first-order valence-corrected chi connectivity index (χ1v) is 10.9. The van der Waals surface area contributed by atoms with Crippen molar-refractivity contribution < 1.29 is 9.13 Å². The van der Waals surface area contributed by atoms with Crippen LogP contribution in [-0.2, 0) is 26.1 Å². The van der Waals surface area contributed by atoms with Gasteiger partial charge in [-0.25, -0.2) is 9.07 Å². The first-order chi connectivity index (χ1) is 15.4. The van der Waals surface area contributed by atoms with Crippen LogP contribution in [0.4, 0.5) is 4.39 Å². The molecule has 0 bridgehead atoms. The van der Waals surface area contributed by atoms with Gasteiger partial charge in [0.15, 0.2) is 0 Å². The number of aromatic nitrogens is 2. The second-order valence-electron chi connectivity index (χ2n) is 8.50. The molecule has 1 aliphatic rings. The van der Waals surface area contributed by atoms with Crippen LogP contribution in [-0.4, -0.2) is 27.3 Å². The van der Waals surface area contributed by atoms with Gasteiger partial charge in [0, 0.05) is 25.2 Å². The Bertz CT molecular complexity index is 1170. The minimum absolute atomic E-state index is 0.237. The summed E-state index contributed by atoms with van der Waals surface area (Å²) in [6.45, 7) is 11.2. The second kappa shape index (κ2) is 9.49. The van der Waals surface area contributed by atoms with Crippen LogP contribution in [0.15, 0.2) is 66.1 Å².